The fourth-order valence-electron chi connectivity index (χ4n) is 1.71. The van der Waals surface area contributed by atoms with Crippen LogP contribution in [0.2, 0.25) is 0 Å². The first-order valence-electron chi connectivity index (χ1n) is 6.83. The predicted octanol–water partition coefficient (Wildman–Crippen LogP) is 2.55. The maximum atomic E-state index is 13.5. The first-order valence-corrected chi connectivity index (χ1v) is 6.83. The number of hydrogen-bond acceptors (Lipinski definition) is 2. The van der Waals surface area contributed by atoms with Crippen LogP contribution in [0.25, 0.3) is 0 Å². The Morgan fingerprint density at radius 2 is 2.10 bits per heavy atom. The molecule has 5 heteroatoms. The Kier molecular flexibility index (Phi) is 6.84. The number of methoxy groups -OCH3 is 1. The Morgan fingerprint density at radius 3 is 2.65 bits per heavy atom. The molecule has 0 bridgehead atoms. The van der Waals surface area contributed by atoms with E-state index in [0.29, 0.717) is 12.5 Å². The highest BCUT2D eigenvalue weighted by Gasteiger charge is 2.04. The highest BCUT2D eigenvalue weighted by atomic mass is 19.1. The highest BCUT2D eigenvalue weighted by molar-refractivity contribution is 5.79. The van der Waals surface area contributed by atoms with Gasteiger partial charge in [-0.25, -0.2) is 4.39 Å². The molecule has 0 saturated carbocycles. The summed E-state index contributed by atoms with van der Waals surface area (Å²) < 4.78 is 18.4. The lowest BCUT2D eigenvalue weighted by Crippen LogP contribution is -2.37. The minimum Gasteiger partial charge on any atom is -0.494 e. The van der Waals surface area contributed by atoms with E-state index in [1.165, 1.54) is 13.2 Å². The quantitative estimate of drug-likeness (QED) is 0.622. The molecule has 2 N–H and O–H groups in total. The largest absolute Gasteiger partial charge is 0.494 e. The average molecular weight is 281 g/mol. The van der Waals surface area contributed by atoms with Crippen molar-refractivity contribution < 1.29 is 9.13 Å². The molecule has 0 atom stereocenters. The third-order valence-electron chi connectivity index (χ3n) is 2.91. The number of hydrogen-bond donors (Lipinski definition) is 2. The van der Waals surface area contributed by atoms with Crippen molar-refractivity contribution in [1.82, 2.24) is 10.6 Å². The SMILES string of the molecule is CN=C(NCCC(C)C)NCc1ccc(OC)c(F)c1. The fraction of sp³-hybridized carbons (Fsp3) is 0.533. The second kappa shape index (κ2) is 8.40. The Morgan fingerprint density at radius 1 is 1.35 bits per heavy atom. The minimum atomic E-state index is -0.352. The van der Waals surface area contributed by atoms with Crippen LogP contribution in [0.5, 0.6) is 5.75 Å². The molecule has 0 amide bonds. The van der Waals surface area contributed by atoms with Crippen molar-refractivity contribution in [2.45, 2.75) is 26.8 Å². The highest BCUT2D eigenvalue weighted by Crippen LogP contribution is 2.17. The molecule has 0 radical (unpaired) electrons. The van der Waals surface area contributed by atoms with Crippen LogP contribution in [0.4, 0.5) is 4.39 Å². The Bertz CT molecular complexity index is 447. The number of benzene rings is 1. The third kappa shape index (κ3) is 5.47. The van der Waals surface area contributed by atoms with E-state index >= 15 is 0 Å². The second-order valence-corrected chi connectivity index (χ2v) is 5.00. The van der Waals surface area contributed by atoms with Crippen molar-refractivity contribution in [3.05, 3.63) is 29.6 Å². The van der Waals surface area contributed by atoms with Crippen LogP contribution in [0.15, 0.2) is 23.2 Å². The molecule has 0 aliphatic rings. The molecule has 0 aromatic heterocycles. The first kappa shape index (κ1) is 16.3. The molecule has 0 heterocycles. The van der Waals surface area contributed by atoms with Crippen molar-refractivity contribution in [3.63, 3.8) is 0 Å². The zero-order chi connectivity index (χ0) is 15.0. The van der Waals surface area contributed by atoms with Crippen LogP contribution in [0.1, 0.15) is 25.8 Å². The summed E-state index contributed by atoms with van der Waals surface area (Å²) >= 11 is 0. The molecule has 112 valence electrons. The van der Waals surface area contributed by atoms with Crippen LogP contribution in [-0.2, 0) is 6.54 Å². The number of guanidine groups is 1. The van der Waals surface area contributed by atoms with Crippen molar-refractivity contribution in [2.24, 2.45) is 10.9 Å². The van der Waals surface area contributed by atoms with Gasteiger partial charge < -0.3 is 15.4 Å². The van der Waals surface area contributed by atoms with E-state index in [-0.39, 0.29) is 11.6 Å². The molecular weight excluding hydrogens is 257 g/mol. The third-order valence-corrected chi connectivity index (χ3v) is 2.91. The fourth-order valence-corrected chi connectivity index (χ4v) is 1.71. The Balaban J connectivity index is 2.46. The zero-order valence-electron chi connectivity index (χ0n) is 12.7. The molecule has 1 aromatic rings. The lowest BCUT2D eigenvalue weighted by atomic mass is 10.1. The summed E-state index contributed by atoms with van der Waals surface area (Å²) in [6.07, 6.45) is 1.08. The van der Waals surface area contributed by atoms with E-state index in [1.54, 1.807) is 13.1 Å². The van der Waals surface area contributed by atoms with Crippen LogP contribution < -0.4 is 15.4 Å². The van der Waals surface area contributed by atoms with Gasteiger partial charge in [0.15, 0.2) is 17.5 Å². The van der Waals surface area contributed by atoms with Crippen LogP contribution >= 0.6 is 0 Å². The van der Waals surface area contributed by atoms with Gasteiger partial charge >= 0.3 is 0 Å². The molecule has 1 aromatic carbocycles. The van der Waals surface area contributed by atoms with Crippen LogP contribution in [-0.4, -0.2) is 26.7 Å². The van der Waals surface area contributed by atoms with Gasteiger partial charge in [-0.1, -0.05) is 19.9 Å². The van der Waals surface area contributed by atoms with Crippen molar-refractivity contribution in [3.8, 4) is 5.75 Å². The summed E-state index contributed by atoms with van der Waals surface area (Å²) in [7, 11) is 3.18. The van der Waals surface area contributed by atoms with Gasteiger partial charge in [-0.2, -0.15) is 0 Å². The number of aliphatic imine (C=N–C) groups is 1. The predicted molar refractivity (Wildman–Crippen MR) is 80.6 cm³/mol. The van der Waals surface area contributed by atoms with E-state index in [0.717, 1.165) is 24.5 Å². The van der Waals surface area contributed by atoms with Gasteiger partial charge in [-0.3, -0.25) is 4.99 Å². The van der Waals surface area contributed by atoms with Crippen LogP contribution in [0.3, 0.4) is 0 Å². The summed E-state index contributed by atoms with van der Waals surface area (Å²) in [6.45, 7) is 5.74. The first-order chi connectivity index (χ1) is 9.56. The maximum Gasteiger partial charge on any atom is 0.191 e. The molecule has 4 nitrogen and oxygen atoms in total. The van der Waals surface area contributed by atoms with Gasteiger partial charge in [0, 0.05) is 20.1 Å². The number of ether oxygens (including phenoxy) is 1. The molecule has 0 saturated heterocycles. The molecule has 0 unspecified atom stereocenters. The lowest BCUT2D eigenvalue weighted by molar-refractivity contribution is 0.386. The average Bonchev–Trinajstić information content (AvgIpc) is 2.42. The maximum absolute atomic E-state index is 13.5. The molecule has 0 aliphatic heterocycles. The van der Waals surface area contributed by atoms with Crippen molar-refractivity contribution in [2.75, 3.05) is 20.7 Å². The van der Waals surface area contributed by atoms with E-state index in [4.69, 9.17) is 4.74 Å². The van der Waals surface area contributed by atoms with Gasteiger partial charge in [-0.05, 0) is 30.0 Å². The standard InChI is InChI=1S/C15H24FN3O/c1-11(2)7-8-18-15(17-3)19-10-12-5-6-14(20-4)13(16)9-12/h5-6,9,11H,7-8,10H2,1-4H3,(H2,17,18,19). The molecule has 20 heavy (non-hydrogen) atoms. The van der Waals surface area contributed by atoms with Gasteiger partial charge in [0.1, 0.15) is 0 Å². The minimum absolute atomic E-state index is 0.258. The van der Waals surface area contributed by atoms with Gasteiger partial charge in [0.2, 0.25) is 0 Å². The van der Waals surface area contributed by atoms with Crippen molar-refractivity contribution in [1.29, 1.82) is 0 Å². The Labute approximate surface area is 120 Å². The number of rotatable bonds is 6. The summed E-state index contributed by atoms with van der Waals surface area (Å²) in [4.78, 5) is 4.13. The molecule has 0 spiro atoms. The van der Waals surface area contributed by atoms with Gasteiger partial charge in [0.25, 0.3) is 0 Å². The lowest BCUT2D eigenvalue weighted by Gasteiger charge is -2.13. The van der Waals surface area contributed by atoms with E-state index < -0.39 is 0 Å². The van der Waals surface area contributed by atoms with Crippen molar-refractivity contribution >= 4 is 5.96 Å². The van der Waals surface area contributed by atoms with Crippen LogP contribution in [0, 0.1) is 11.7 Å². The topological polar surface area (TPSA) is 45.7 Å². The number of nitrogens with zero attached hydrogens (tertiary/aromatic N) is 1. The monoisotopic (exact) mass is 281 g/mol. The smallest absolute Gasteiger partial charge is 0.191 e. The van der Waals surface area contributed by atoms with E-state index in [9.17, 15) is 4.39 Å². The van der Waals surface area contributed by atoms with Gasteiger partial charge in [-0.15, -0.1) is 0 Å². The van der Waals surface area contributed by atoms with E-state index in [2.05, 4.69) is 29.5 Å². The number of nitrogens with one attached hydrogen (secondary N) is 2. The summed E-state index contributed by atoms with van der Waals surface area (Å²) in [6, 6.07) is 4.92. The number of halogens is 1. The summed E-state index contributed by atoms with van der Waals surface area (Å²) in [5.41, 5.74) is 0.843. The van der Waals surface area contributed by atoms with Gasteiger partial charge in [0.05, 0.1) is 7.11 Å². The molecular formula is C15H24FN3O. The molecule has 0 aliphatic carbocycles. The molecule has 0 fully saturated rings. The molecule has 1 rings (SSSR count). The summed E-state index contributed by atoms with van der Waals surface area (Å²) in [5, 5.41) is 6.38. The Hall–Kier alpha value is -1.78. The second-order valence-electron chi connectivity index (χ2n) is 5.00. The zero-order valence-corrected chi connectivity index (χ0v) is 12.7. The normalized spacial score (nSPS) is 11.6. The van der Waals surface area contributed by atoms with E-state index in [1.807, 2.05) is 6.07 Å². The summed E-state index contributed by atoms with van der Waals surface area (Å²) in [5.74, 6) is 1.28.